The Balaban J connectivity index is 0.00000220. The molecule has 1 aliphatic heterocycles. The highest BCUT2D eigenvalue weighted by Crippen LogP contribution is 2.11. The minimum absolute atomic E-state index is 0. The second-order valence-corrected chi connectivity index (χ2v) is 6.27. The summed E-state index contributed by atoms with van der Waals surface area (Å²) < 4.78 is 0. The number of rotatable bonds is 7. The van der Waals surface area contributed by atoms with Gasteiger partial charge in [0.05, 0.1) is 0 Å². The lowest BCUT2D eigenvalue weighted by Gasteiger charge is -2.34. The Hall–Kier alpha value is 0.300. The zero-order valence-corrected chi connectivity index (χ0v) is 16.0. The first-order valence-electron chi connectivity index (χ1n) is 7.53. The molecule has 1 fully saturated rings. The van der Waals surface area contributed by atoms with Crippen molar-refractivity contribution in [2.75, 3.05) is 45.1 Å². The highest BCUT2D eigenvalue weighted by atomic mass is 35.5. The van der Waals surface area contributed by atoms with Gasteiger partial charge in [0.1, 0.15) is 0 Å². The largest absolute Gasteiger partial charge is 0.301 e. The van der Waals surface area contributed by atoms with E-state index in [1.54, 1.807) is 0 Å². The molecule has 1 aliphatic rings. The van der Waals surface area contributed by atoms with Gasteiger partial charge in [0.15, 0.2) is 0 Å². The maximum atomic E-state index is 5.90. The first kappa shape index (κ1) is 22.3. The Kier molecular flexibility index (Phi) is 12.9. The molecule has 1 aromatic carbocycles. The second-order valence-electron chi connectivity index (χ2n) is 5.46. The molecule has 0 aliphatic carbocycles. The van der Waals surface area contributed by atoms with Crippen LogP contribution in [-0.4, -0.2) is 54.9 Å². The molecule has 1 aromatic rings. The minimum Gasteiger partial charge on any atom is -0.301 e. The van der Waals surface area contributed by atoms with Gasteiger partial charge in [0.25, 0.3) is 0 Å². The number of hydrogen-bond donors (Lipinski definition) is 0. The van der Waals surface area contributed by atoms with Crippen LogP contribution in [0.5, 0.6) is 0 Å². The third-order valence-electron chi connectivity index (χ3n) is 3.93. The molecule has 0 spiro atoms. The smallest absolute Gasteiger partial charge is 0.0406 e. The molecule has 0 radical (unpaired) electrons. The van der Waals surface area contributed by atoms with Crippen LogP contribution in [0.25, 0.3) is 0 Å². The average molecular weight is 388 g/mol. The highest BCUT2D eigenvalue weighted by Gasteiger charge is 2.15. The summed E-state index contributed by atoms with van der Waals surface area (Å²) >= 11 is 11.6. The van der Waals surface area contributed by atoms with E-state index < -0.39 is 0 Å². The van der Waals surface area contributed by atoms with Crippen molar-refractivity contribution in [3.8, 4) is 0 Å². The van der Waals surface area contributed by atoms with Crippen molar-refractivity contribution in [1.82, 2.24) is 9.80 Å². The molecule has 0 N–H and O–H groups in total. The molecule has 128 valence electrons. The van der Waals surface area contributed by atoms with Gasteiger partial charge in [0, 0.05) is 37.1 Å². The summed E-state index contributed by atoms with van der Waals surface area (Å²) in [5, 5.41) is 0.821. The van der Waals surface area contributed by atoms with E-state index >= 15 is 0 Å². The normalized spacial score (nSPS) is 15.9. The molecule has 0 amide bonds. The van der Waals surface area contributed by atoms with Gasteiger partial charge in [0.2, 0.25) is 0 Å². The topological polar surface area (TPSA) is 6.48 Å². The van der Waals surface area contributed by atoms with Crippen LogP contribution in [0.4, 0.5) is 0 Å². The van der Waals surface area contributed by atoms with Crippen molar-refractivity contribution in [2.24, 2.45) is 0 Å². The SMILES string of the molecule is Cl.Cl.ClCCCN1CCN(CCCc2ccc(Cl)cc2)CC1. The standard InChI is InChI=1S/C16H24Cl2N2.2ClH/c17-8-2-10-20-13-11-19(12-14-20)9-1-3-15-4-6-16(18)7-5-15;;/h4-7H,1-3,8-14H2;2*1H. The summed E-state index contributed by atoms with van der Waals surface area (Å²) in [6.07, 6.45) is 3.48. The lowest BCUT2D eigenvalue weighted by atomic mass is 10.1. The molecule has 22 heavy (non-hydrogen) atoms. The second kappa shape index (κ2) is 12.7. The Morgan fingerprint density at radius 2 is 1.32 bits per heavy atom. The van der Waals surface area contributed by atoms with Gasteiger partial charge in [-0.05, 0) is 50.0 Å². The van der Waals surface area contributed by atoms with Crippen molar-refractivity contribution in [1.29, 1.82) is 0 Å². The number of piperazine rings is 1. The summed E-state index contributed by atoms with van der Waals surface area (Å²) in [5.74, 6) is 0.779. The molecule has 0 unspecified atom stereocenters. The van der Waals surface area contributed by atoms with Crippen LogP contribution in [0.3, 0.4) is 0 Å². The molecule has 0 bridgehead atoms. The van der Waals surface area contributed by atoms with Crippen LogP contribution in [0, 0.1) is 0 Å². The summed E-state index contributed by atoms with van der Waals surface area (Å²) in [5.41, 5.74) is 1.38. The first-order chi connectivity index (χ1) is 9.78. The molecule has 0 aromatic heterocycles. The fourth-order valence-electron chi connectivity index (χ4n) is 2.68. The zero-order chi connectivity index (χ0) is 14.2. The molecule has 6 heteroatoms. The highest BCUT2D eigenvalue weighted by molar-refractivity contribution is 6.30. The number of hydrogen-bond acceptors (Lipinski definition) is 2. The number of alkyl halides is 1. The van der Waals surface area contributed by atoms with E-state index in [0.717, 1.165) is 30.3 Å². The molecule has 0 saturated carbocycles. The minimum atomic E-state index is 0. The number of halogens is 4. The molecular weight excluding hydrogens is 362 g/mol. The van der Waals surface area contributed by atoms with Crippen molar-refractivity contribution < 1.29 is 0 Å². The van der Waals surface area contributed by atoms with Gasteiger partial charge < -0.3 is 9.80 Å². The lowest BCUT2D eigenvalue weighted by Crippen LogP contribution is -2.46. The van der Waals surface area contributed by atoms with E-state index in [2.05, 4.69) is 21.9 Å². The molecule has 1 heterocycles. The van der Waals surface area contributed by atoms with Crippen molar-refractivity contribution in [3.63, 3.8) is 0 Å². The van der Waals surface area contributed by atoms with Gasteiger partial charge in [-0.2, -0.15) is 0 Å². The predicted molar refractivity (Wildman–Crippen MR) is 102 cm³/mol. The monoisotopic (exact) mass is 386 g/mol. The lowest BCUT2D eigenvalue weighted by molar-refractivity contribution is 0.132. The zero-order valence-electron chi connectivity index (χ0n) is 12.8. The fourth-order valence-corrected chi connectivity index (χ4v) is 2.92. The average Bonchev–Trinajstić information content (AvgIpc) is 2.48. The van der Waals surface area contributed by atoms with Crippen LogP contribution in [0.1, 0.15) is 18.4 Å². The van der Waals surface area contributed by atoms with Crippen molar-refractivity contribution in [3.05, 3.63) is 34.9 Å². The predicted octanol–water partition coefficient (Wildman–Crippen LogP) is 4.36. The van der Waals surface area contributed by atoms with E-state index in [4.69, 9.17) is 23.2 Å². The van der Waals surface area contributed by atoms with Gasteiger partial charge in [-0.25, -0.2) is 0 Å². The van der Waals surface area contributed by atoms with Crippen LogP contribution >= 0.6 is 48.0 Å². The Morgan fingerprint density at radius 3 is 1.82 bits per heavy atom. The van der Waals surface area contributed by atoms with Gasteiger partial charge in [-0.1, -0.05) is 23.7 Å². The van der Waals surface area contributed by atoms with Crippen molar-refractivity contribution >= 4 is 48.0 Å². The van der Waals surface area contributed by atoms with Gasteiger partial charge in [-0.3, -0.25) is 0 Å². The molecular formula is C16H26Cl4N2. The van der Waals surface area contributed by atoms with E-state index in [9.17, 15) is 0 Å². The van der Waals surface area contributed by atoms with Crippen LogP contribution in [0.15, 0.2) is 24.3 Å². The molecule has 2 nitrogen and oxygen atoms in total. The van der Waals surface area contributed by atoms with E-state index in [1.165, 1.54) is 44.7 Å². The quantitative estimate of drug-likeness (QED) is 0.641. The van der Waals surface area contributed by atoms with Crippen LogP contribution < -0.4 is 0 Å². The van der Waals surface area contributed by atoms with Gasteiger partial charge in [-0.15, -0.1) is 36.4 Å². The van der Waals surface area contributed by atoms with Crippen LogP contribution in [0.2, 0.25) is 5.02 Å². The third kappa shape index (κ3) is 8.24. The van der Waals surface area contributed by atoms with E-state index in [0.29, 0.717) is 0 Å². The third-order valence-corrected chi connectivity index (χ3v) is 4.45. The Bertz CT molecular complexity index is 378. The Labute approximate surface area is 157 Å². The van der Waals surface area contributed by atoms with Gasteiger partial charge >= 0.3 is 0 Å². The Morgan fingerprint density at radius 1 is 0.818 bits per heavy atom. The summed E-state index contributed by atoms with van der Waals surface area (Å²) in [6, 6.07) is 8.22. The summed E-state index contributed by atoms with van der Waals surface area (Å²) in [7, 11) is 0. The fraction of sp³-hybridized carbons (Fsp3) is 0.625. The van der Waals surface area contributed by atoms with E-state index in [1.807, 2.05) is 12.1 Å². The summed E-state index contributed by atoms with van der Waals surface area (Å²) in [4.78, 5) is 5.10. The maximum Gasteiger partial charge on any atom is 0.0406 e. The van der Waals surface area contributed by atoms with E-state index in [-0.39, 0.29) is 24.8 Å². The number of nitrogens with zero attached hydrogens (tertiary/aromatic N) is 2. The number of benzene rings is 1. The maximum absolute atomic E-state index is 5.90. The van der Waals surface area contributed by atoms with Crippen molar-refractivity contribution in [2.45, 2.75) is 19.3 Å². The summed E-state index contributed by atoms with van der Waals surface area (Å²) in [6.45, 7) is 7.13. The molecule has 0 atom stereocenters. The number of aryl methyl sites for hydroxylation is 1. The first-order valence-corrected chi connectivity index (χ1v) is 8.44. The molecule has 2 rings (SSSR count). The van der Waals surface area contributed by atoms with Crippen LogP contribution in [-0.2, 0) is 6.42 Å². The molecule has 1 saturated heterocycles.